The van der Waals surface area contributed by atoms with Crippen LogP contribution in [0.15, 0.2) is 66.9 Å². The lowest BCUT2D eigenvalue weighted by molar-refractivity contribution is 0.0954. The van der Waals surface area contributed by atoms with E-state index < -0.39 is 27.6 Å². The van der Waals surface area contributed by atoms with Crippen molar-refractivity contribution >= 4 is 55.2 Å². The summed E-state index contributed by atoms with van der Waals surface area (Å²) >= 11 is 6.25. The van der Waals surface area contributed by atoms with E-state index in [2.05, 4.69) is 15.0 Å². The van der Waals surface area contributed by atoms with E-state index in [9.17, 15) is 18.0 Å². The van der Waals surface area contributed by atoms with Gasteiger partial charge in [0.05, 0.1) is 12.4 Å². The number of amides is 2. The predicted molar refractivity (Wildman–Crippen MR) is 170 cm³/mol. The van der Waals surface area contributed by atoms with Crippen molar-refractivity contribution in [3.05, 3.63) is 99.8 Å². The van der Waals surface area contributed by atoms with Crippen LogP contribution >= 0.6 is 11.6 Å². The first-order valence-electron chi connectivity index (χ1n) is 13.9. The highest BCUT2D eigenvalue weighted by atomic mass is 35.5. The van der Waals surface area contributed by atoms with Gasteiger partial charge < -0.3 is 19.6 Å². The highest BCUT2D eigenvalue weighted by molar-refractivity contribution is 7.90. The molecule has 5 aromatic rings. The smallest absolute Gasteiger partial charge is 0.281 e. The predicted octanol–water partition coefficient (Wildman–Crippen LogP) is 5.43. The van der Waals surface area contributed by atoms with Gasteiger partial charge >= 0.3 is 0 Å². The Hall–Kier alpha value is -4.28. The fourth-order valence-corrected chi connectivity index (χ4v) is 6.12. The fourth-order valence-electron chi connectivity index (χ4n) is 5.15. The van der Waals surface area contributed by atoms with Crippen molar-refractivity contribution in [2.24, 2.45) is 7.05 Å². The van der Waals surface area contributed by atoms with Crippen molar-refractivity contribution in [1.82, 2.24) is 19.6 Å². The molecule has 0 saturated heterocycles. The Labute approximate surface area is 255 Å². The Morgan fingerprint density at radius 2 is 1.74 bits per heavy atom. The molecule has 9 nitrogen and oxygen atoms in total. The van der Waals surface area contributed by atoms with Crippen molar-refractivity contribution < 1.29 is 22.7 Å². The summed E-state index contributed by atoms with van der Waals surface area (Å²) in [6.07, 6.45) is 2.98. The average Bonchev–Trinajstić information content (AvgIpc) is 3.53. The molecular weight excluding hydrogens is 588 g/mol. The average molecular weight is 621 g/mol. The molecule has 5 rings (SSSR count). The number of nitrogens with zero attached hydrogens (tertiary/aromatic N) is 1. The monoisotopic (exact) mass is 620 g/mol. The van der Waals surface area contributed by atoms with Gasteiger partial charge in [0.25, 0.3) is 11.8 Å². The van der Waals surface area contributed by atoms with Crippen LogP contribution in [-0.2, 0) is 23.5 Å². The molecule has 0 spiro atoms. The number of fused-ring (bicyclic) bond motifs is 2. The number of aromatic nitrogens is 2. The number of nitrogens with one attached hydrogen (secondary N) is 3. The molecule has 0 saturated carbocycles. The van der Waals surface area contributed by atoms with Crippen LogP contribution in [0.25, 0.3) is 21.8 Å². The number of ether oxygens (including phenoxy) is 1. The van der Waals surface area contributed by atoms with Crippen LogP contribution in [0, 0.1) is 13.8 Å². The topological polar surface area (TPSA) is 122 Å². The highest BCUT2D eigenvalue weighted by Crippen LogP contribution is 2.27. The molecule has 2 amide bonds. The second-order valence-corrected chi connectivity index (χ2v) is 12.8. The summed E-state index contributed by atoms with van der Waals surface area (Å²) < 4.78 is 35.6. The van der Waals surface area contributed by atoms with Gasteiger partial charge in [-0.1, -0.05) is 29.8 Å². The van der Waals surface area contributed by atoms with Gasteiger partial charge in [-0.2, -0.15) is 0 Å². The standard InChI is InChI=1S/C32H33ClN4O5S/c1-20-17-24(18-21(2)29(20)33)42-15-6-8-26-25-7-4-5-9-27(25)35-30(26)32(39)36-43(40,41)16-13-34-31(38)23-10-11-28-22(19-23)12-14-37(28)3/h4-5,7,9-12,14,17-19,35H,6,8,13,15-16H2,1-3H3,(H,34,38)(H,36,39). The Kier molecular flexibility index (Phi) is 8.79. The Balaban J connectivity index is 1.20. The van der Waals surface area contributed by atoms with E-state index in [1.165, 1.54) is 0 Å². The van der Waals surface area contributed by atoms with Crippen molar-refractivity contribution in [2.45, 2.75) is 26.7 Å². The lowest BCUT2D eigenvalue weighted by Crippen LogP contribution is -2.37. The zero-order valence-electron chi connectivity index (χ0n) is 24.2. The van der Waals surface area contributed by atoms with Crippen molar-refractivity contribution in [1.29, 1.82) is 0 Å². The molecule has 0 aliphatic heterocycles. The van der Waals surface area contributed by atoms with Crippen molar-refractivity contribution in [3.63, 3.8) is 0 Å². The number of hydrogen-bond donors (Lipinski definition) is 3. The largest absolute Gasteiger partial charge is 0.494 e. The molecule has 2 aromatic heterocycles. The third-order valence-electron chi connectivity index (χ3n) is 7.34. The lowest BCUT2D eigenvalue weighted by Gasteiger charge is -2.11. The quantitative estimate of drug-likeness (QED) is 0.170. The maximum Gasteiger partial charge on any atom is 0.281 e. The summed E-state index contributed by atoms with van der Waals surface area (Å²) in [5.74, 6) is -0.884. The molecule has 0 bridgehead atoms. The summed E-state index contributed by atoms with van der Waals surface area (Å²) in [6, 6.07) is 18.4. The summed E-state index contributed by atoms with van der Waals surface area (Å²) in [7, 11) is -2.12. The normalized spacial score (nSPS) is 11.6. The molecule has 2 heterocycles. The molecule has 224 valence electrons. The van der Waals surface area contributed by atoms with Crippen molar-refractivity contribution in [3.8, 4) is 5.75 Å². The first-order valence-corrected chi connectivity index (χ1v) is 15.9. The molecule has 0 aliphatic rings. The highest BCUT2D eigenvalue weighted by Gasteiger charge is 2.22. The third kappa shape index (κ3) is 6.87. The number of carbonyl (C=O) groups excluding carboxylic acids is 2. The van der Waals surface area contributed by atoms with E-state index in [0.717, 1.165) is 38.7 Å². The van der Waals surface area contributed by atoms with Gasteiger partial charge in [0.2, 0.25) is 10.0 Å². The molecule has 0 radical (unpaired) electrons. The van der Waals surface area contributed by atoms with Crippen LogP contribution in [0.4, 0.5) is 0 Å². The Morgan fingerprint density at radius 1 is 1.00 bits per heavy atom. The zero-order valence-corrected chi connectivity index (χ0v) is 25.7. The molecule has 0 fully saturated rings. The van der Waals surface area contributed by atoms with Gasteiger partial charge in [0, 0.05) is 52.2 Å². The fraction of sp³-hybridized carbons (Fsp3) is 0.250. The number of rotatable bonds is 11. The van der Waals surface area contributed by atoms with Gasteiger partial charge in [0.1, 0.15) is 11.4 Å². The number of sulfonamides is 1. The maximum atomic E-state index is 13.2. The number of aryl methyl sites for hydroxylation is 4. The molecule has 11 heteroatoms. The number of aromatic amines is 1. The van der Waals surface area contributed by atoms with Gasteiger partial charge in [0.15, 0.2) is 0 Å². The lowest BCUT2D eigenvalue weighted by atomic mass is 10.1. The van der Waals surface area contributed by atoms with Crippen LogP contribution in [0.2, 0.25) is 5.02 Å². The van der Waals surface area contributed by atoms with Gasteiger partial charge in [-0.15, -0.1) is 0 Å². The number of halogens is 1. The molecular formula is C32H33ClN4O5S. The number of carbonyl (C=O) groups is 2. The van der Waals surface area contributed by atoms with Crippen molar-refractivity contribution in [2.75, 3.05) is 18.9 Å². The van der Waals surface area contributed by atoms with E-state index in [1.54, 1.807) is 12.1 Å². The van der Waals surface area contributed by atoms with Crippen LogP contribution in [0.5, 0.6) is 5.75 Å². The minimum absolute atomic E-state index is 0.158. The van der Waals surface area contributed by atoms with Gasteiger partial charge in [-0.25, -0.2) is 13.1 Å². The van der Waals surface area contributed by atoms with Crippen LogP contribution < -0.4 is 14.8 Å². The van der Waals surface area contributed by atoms with E-state index >= 15 is 0 Å². The maximum absolute atomic E-state index is 13.2. The summed E-state index contributed by atoms with van der Waals surface area (Å²) in [4.78, 5) is 28.9. The molecule has 0 aliphatic carbocycles. The first-order chi connectivity index (χ1) is 20.5. The second kappa shape index (κ2) is 12.5. The summed E-state index contributed by atoms with van der Waals surface area (Å²) in [6.45, 7) is 4.09. The number of H-pyrrole nitrogens is 1. The molecule has 3 N–H and O–H groups in total. The molecule has 0 atom stereocenters. The SMILES string of the molecule is Cc1cc(OCCCc2c(C(=O)NS(=O)(=O)CCNC(=O)c3ccc4c(ccn4C)c3)[nH]c3ccccc23)cc(C)c1Cl. The zero-order chi connectivity index (χ0) is 30.7. The van der Waals surface area contributed by atoms with Crippen LogP contribution in [0.1, 0.15) is 44.0 Å². The Bertz CT molecular complexity index is 1920. The second-order valence-electron chi connectivity index (χ2n) is 10.6. The third-order valence-corrected chi connectivity index (χ3v) is 9.18. The first kappa shape index (κ1) is 30.2. The molecule has 0 unspecified atom stereocenters. The minimum Gasteiger partial charge on any atom is -0.494 e. The molecule has 3 aromatic carbocycles. The van der Waals surface area contributed by atoms with Gasteiger partial charge in [-0.05, 0) is 85.8 Å². The summed E-state index contributed by atoms with van der Waals surface area (Å²) in [5, 5.41) is 5.08. The van der Waals surface area contributed by atoms with E-state index in [4.69, 9.17) is 16.3 Å². The summed E-state index contributed by atoms with van der Waals surface area (Å²) in [5.41, 5.74) is 4.89. The number of benzene rings is 3. The molecule has 43 heavy (non-hydrogen) atoms. The van der Waals surface area contributed by atoms with Gasteiger partial charge in [-0.3, -0.25) is 9.59 Å². The Morgan fingerprint density at radius 3 is 2.51 bits per heavy atom. The number of hydrogen-bond acceptors (Lipinski definition) is 5. The van der Waals surface area contributed by atoms with E-state index in [0.29, 0.717) is 35.6 Å². The van der Waals surface area contributed by atoms with Crippen LogP contribution in [-0.4, -0.2) is 48.7 Å². The van der Waals surface area contributed by atoms with E-state index in [1.807, 2.05) is 80.2 Å². The van der Waals surface area contributed by atoms with Crippen LogP contribution in [0.3, 0.4) is 0 Å². The minimum atomic E-state index is -4.04. The number of para-hydroxylation sites is 1. The van der Waals surface area contributed by atoms with E-state index in [-0.39, 0.29) is 12.2 Å².